The maximum atomic E-state index is 12.9. The summed E-state index contributed by atoms with van der Waals surface area (Å²) in [7, 11) is -2.15. The summed E-state index contributed by atoms with van der Waals surface area (Å²) in [6, 6.07) is 14.3. The van der Waals surface area contributed by atoms with Gasteiger partial charge in [-0.3, -0.25) is 4.72 Å². The first kappa shape index (κ1) is 19.4. The molecule has 0 bridgehead atoms. The molecule has 0 spiro atoms. The van der Waals surface area contributed by atoms with E-state index in [2.05, 4.69) is 14.7 Å². The first-order chi connectivity index (χ1) is 13.9. The van der Waals surface area contributed by atoms with Gasteiger partial charge < -0.3 is 4.74 Å². The van der Waals surface area contributed by atoms with Gasteiger partial charge in [-0.15, -0.1) is 0 Å². The van der Waals surface area contributed by atoms with Crippen LogP contribution in [0.1, 0.15) is 11.1 Å². The molecule has 0 saturated carbocycles. The van der Waals surface area contributed by atoms with Gasteiger partial charge >= 0.3 is 0 Å². The normalized spacial score (nSPS) is 11.6. The van der Waals surface area contributed by atoms with Crippen molar-refractivity contribution in [1.82, 2.24) is 9.97 Å². The largest absolute Gasteiger partial charge is 0.496 e. The number of aryl methyl sites for hydroxylation is 2. The Hall–Kier alpha value is -2.97. The molecule has 0 fully saturated rings. The fourth-order valence-electron chi connectivity index (χ4n) is 3.06. The molecule has 0 aliphatic rings. The summed E-state index contributed by atoms with van der Waals surface area (Å²) >= 11 is 1.50. The Morgan fingerprint density at radius 1 is 1.03 bits per heavy atom. The van der Waals surface area contributed by atoms with Crippen LogP contribution in [0.5, 0.6) is 5.75 Å². The van der Waals surface area contributed by atoms with Gasteiger partial charge in [0, 0.05) is 17.4 Å². The molecule has 6 nitrogen and oxygen atoms in total. The third-order valence-corrected chi connectivity index (χ3v) is 7.08. The highest BCUT2D eigenvalue weighted by molar-refractivity contribution is 7.92. The van der Waals surface area contributed by atoms with Crippen LogP contribution in [-0.4, -0.2) is 25.5 Å². The zero-order valence-electron chi connectivity index (χ0n) is 16.1. The van der Waals surface area contributed by atoms with Gasteiger partial charge in [0.25, 0.3) is 10.0 Å². The molecule has 0 aliphatic heterocycles. The fourth-order valence-corrected chi connectivity index (χ4v) is 5.34. The number of benzene rings is 2. The van der Waals surface area contributed by atoms with Crippen molar-refractivity contribution in [3.63, 3.8) is 0 Å². The zero-order valence-corrected chi connectivity index (χ0v) is 17.8. The van der Waals surface area contributed by atoms with E-state index in [4.69, 9.17) is 4.74 Å². The molecular weight excluding hydrogens is 406 g/mol. The van der Waals surface area contributed by atoms with E-state index in [1.54, 1.807) is 44.5 Å². The third kappa shape index (κ3) is 3.81. The van der Waals surface area contributed by atoms with E-state index in [9.17, 15) is 8.42 Å². The lowest BCUT2D eigenvalue weighted by molar-refractivity contribution is 0.411. The van der Waals surface area contributed by atoms with Gasteiger partial charge in [0.2, 0.25) is 0 Å². The molecule has 0 aliphatic carbocycles. The van der Waals surface area contributed by atoms with Gasteiger partial charge in [-0.05, 0) is 73.5 Å². The molecule has 8 heteroatoms. The van der Waals surface area contributed by atoms with E-state index in [0.717, 1.165) is 26.5 Å². The molecule has 4 aromatic rings. The maximum Gasteiger partial charge on any atom is 0.262 e. The summed E-state index contributed by atoms with van der Waals surface area (Å²) in [5.41, 5.74) is 3.63. The second-order valence-corrected chi connectivity index (χ2v) is 9.25. The highest BCUT2D eigenvalue weighted by Gasteiger charge is 2.19. The number of thiazole rings is 1. The number of aromatic nitrogens is 2. The Kier molecular flexibility index (Phi) is 4.97. The van der Waals surface area contributed by atoms with E-state index < -0.39 is 10.0 Å². The van der Waals surface area contributed by atoms with Crippen LogP contribution in [0.3, 0.4) is 0 Å². The van der Waals surface area contributed by atoms with Crippen molar-refractivity contribution in [1.29, 1.82) is 0 Å². The lowest BCUT2D eigenvalue weighted by atomic mass is 10.1. The van der Waals surface area contributed by atoms with Crippen molar-refractivity contribution in [2.24, 2.45) is 0 Å². The smallest absolute Gasteiger partial charge is 0.262 e. The Morgan fingerprint density at radius 3 is 2.48 bits per heavy atom. The average Bonchev–Trinajstić information content (AvgIpc) is 3.13. The van der Waals surface area contributed by atoms with Gasteiger partial charge in [-0.25, -0.2) is 18.4 Å². The Morgan fingerprint density at radius 2 is 1.79 bits per heavy atom. The third-order valence-electron chi connectivity index (χ3n) is 4.53. The standard InChI is InChI=1S/C21H19N3O3S2/c1-13-12-19(14(2)11-18(13)27-3)29(25,26)24-16-8-6-15(7-9-16)20-23-17-5-4-10-22-21(17)28-20/h4-12,24H,1-3H3. The van der Waals surface area contributed by atoms with Crippen molar-refractivity contribution < 1.29 is 13.2 Å². The summed E-state index contributed by atoms with van der Waals surface area (Å²) < 4.78 is 33.7. The van der Waals surface area contributed by atoms with Crippen molar-refractivity contribution >= 4 is 37.4 Å². The van der Waals surface area contributed by atoms with E-state index in [1.165, 1.54) is 11.3 Å². The van der Waals surface area contributed by atoms with Crippen molar-refractivity contribution in [2.45, 2.75) is 18.7 Å². The first-order valence-corrected chi connectivity index (χ1v) is 11.2. The minimum Gasteiger partial charge on any atom is -0.496 e. The fraction of sp³-hybridized carbons (Fsp3) is 0.143. The highest BCUT2D eigenvalue weighted by Crippen LogP contribution is 2.31. The van der Waals surface area contributed by atoms with Crippen LogP contribution in [0.4, 0.5) is 5.69 Å². The molecule has 0 amide bonds. The lowest BCUT2D eigenvalue weighted by Crippen LogP contribution is -2.14. The molecule has 2 aromatic heterocycles. The lowest BCUT2D eigenvalue weighted by Gasteiger charge is -2.13. The topological polar surface area (TPSA) is 81.2 Å². The van der Waals surface area contributed by atoms with Crippen LogP contribution < -0.4 is 9.46 Å². The number of sulfonamides is 1. The monoisotopic (exact) mass is 425 g/mol. The number of hydrogen-bond donors (Lipinski definition) is 1. The van der Waals surface area contributed by atoms with E-state index in [1.807, 2.05) is 31.2 Å². The molecule has 0 unspecified atom stereocenters. The molecule has 4 rings (SSSR count). The second kappa shape index (κ2) is 7.46. The quantitative estimate of drug-likeness (QED) is 0.497. The second-order valence-electron chi connectivity index (χ2n) is 6.62. The van der Waals surface area contributed by atoms with Crippen LogP contribution in [0.25, 0.3) is 20.9 Å². The molecular formula is C21H19N3O3S2. The maximum absolute atomic E-state index is 12.9. The highest BCUT2D eigenvalue weighted by atomic mass is 32.2. The van der Waals surface area contributed by atoms with E-state index in [0.29, 0.717) is 17.0 Å². The minimum atomic E-state index is -3.72. The summed E-state index contributed by atoms with van der Waals surface area (Å²) in [6.45, 7) is 3.57. The molecule has 0 atom stereocenters. The van der Waals surface area contributed by atoms with Gasteiger partial charge in [0.1, 0.15) is 21.1 Å². The molecule has 148 valence electrons. The number of ether oxygens (including phenoxy) is 1. The molecule has 2 aromatic carbocycles. The van der Waals surface area contributed by atoms with Gasteiger partial charge in [-0.2, -0.15) is 0 Å². The van der Waals surface area contributed by atoms with E-state index >= 15 is 0 Å². The zero-order chi connectivity index (χ0) is 20.6. The number of nitrogens with zero attached hydrogens (tertiary/aromatic N) is 2. The number of anilines is 1. The number of fused-ring (bicyclic) bond motifs is 1. The van der Waals surface area contributed by atoms with Crippen molar-refractivity contribution in [3.8, 4) is 16.3 Å². The van der Waals surface area contributed by atoms with Crippen molar-refractivity contribution in [2.75, 3.05) is 11.8 Å². The molecule has 0 saturated heterocycles. The summed E-state index contributed by atoms with van der Waals surface area (Å²) in [4.78, 5) is 9.99. The summed E-state index contributed by atoms with van der Waals surface area (Å²) in [6.07, 6.45) is 1.74. The Labute approximate surface area is 173 Å². The van der Waals surface area contributed by atoms with E-state index in [-0.39, 0.29) is 4.90 Å². The van der Waals surface area contributed by atoms with Crippen LogP contribution in [0.2, 0.25) is 0 Å². The van der Waals surface area contributed by atoms with Gasteiger partial charge in [0.05, 0.1) is 12.0 Å². The van der Waals surface area contributed by atoms with Gasteiger partial charge in [0.15, 0.2) is 0 Å². The molecule has 0 radical (unpaired) electrons. The molecule has 2 heterocycles. The first-order valence-electron chi connectivity index (χ1n) is 8.87. The average molecular weight is 426 g/mol. The number of pyridine rings is 1. The predicted molar refractivity (Wildman–Crippen MR) is 116 cm³/mol. The van der Waals surface area contributed by atoms with Gasteiger partial charge in [-0.1, -0.05) is 11.3 Å². The minimum absolute atomic E-state index is 0.233. The SMILES string of the molecule is COc1cc(C)c(S(=O)(=O)Nc2ccc(-c3nc4cccnc4s3)cc2)cc1C. The van der Waals surface area contributed by atoms with Crippen LogP contribution in [0.15, 0.2) is 59.6 Å². The Balaban J connectivity index is 1.60. The van der Waals surface area contributed by atoms with Crippen LogP contribution in [-0.2, 0) is 10.0 Å². The number of nitrogens with one attached hydrogen (secondary N) is 1. The number of rotatable bonds is 5. The van der Waals surface area contributed by atoms with Crippen LogP contribution in [0, 0.1) is 13.8 Å². The number of methoxy groups -OCH3 is 1. The number of hydrogen-bond acceptors (Lipinski definition) is 6. The Bertz CT molecular complexity index is 1260. The summed E-state index contributed by atoms with van der Waals surface area (Å²) in [5.74, 6) is 0.663. The van der Waals surface area contributed by atoms with Crippen molar-refractivity contribution in [3.05, 3.63) is 65.9 Å². The molecule has 1 N–H and O–H groups in total. The molecule has 29 heavy (non-hydrogen) atoms. The summed E-state index contributed by atoms with van der Waals surface area (Å²) in [5, 5.41) is 0.842. The predicted octanol–water partition coefficient (Wildman–Crippen LogP) is 4.78. The van der Waals surface area contributed by atoms with Crippen LogP contribution >= 0.6 is 11.3 Å².